The number of pyridine rings is 1. The molecule has 0 radical (unpaired) electrons. The van der Waals surface area contributed by atoms with Gasteiger partial charge in [0.2, 0.25) is 0 Å². The van der Waals surface area contributed by atoms with E-state index in [0.717, 1.165) is 6.07 Å². The first-order chi connectivity index (χ1) is 9.86. The van der Waals surface area contributed by atoms with Gasteiger partial charge in [0.05, 0.1) is 10.7 Å². The molecule has 0 fully saturated rings. The Bertz CT molecular complexity index is 784. The van der Waals surface area contributed by atoms with Gasteiger partial charge in [0.25, 0.3) is 10.0 Å². The second-order valence-electron chi connectivity index (χ2n) is 3.83. The number of nitrogens with one attached hydrogen (secondary N) is 1. The van der Waals surface area contributed by atoms with E-state index in [-0.39, 0.29) is 9.32 Å². The lowest BCUT2D eigenvalue weighted by Crippen LogP contribution is -2.17. The Morgan fingerprint density at radius 2 is 1.95 bits per heavy atom. The summed E-state index contributed by atoms with van der Waals surface area (Å²) in [6, 6.07) is 5.01. The number of rotatable bonds is 4. The highest BCUT2D eigenvalue weighted by Crippen LogP contribution is 2.26. The first-order valence-corrected chi connectivity index (χ1v) is 8.08. The number of anilines is 1. The summed E-state index contributed by atoms with van der Waals surface area (Å²) in [5.41, 5.74) is 0. The maximum absolute atomic E-state index is 14.0. The summed E-state index contributed by atoms with van der Waals surface area (Å²) >= 11 is 1.69. The zero-order chi connectivity index (χ0) is 15.6. The van der Waals surface area contributed by atoms with E-state index in [1.807, 2.05) is 4.72 Å². The van der Waals surface area contributed by atoms with E-state index < -0.39 is 32.4 Å². The number of sulfonamides is 1. The van der Waals surface area contributed by atoms with Crippen LogP contribution in [0.2, 0.25) is 0 Å². The van der Waals surface area contributed by atoms with Crippen LogP contribution in [0.5, 0.6) is 5.75 Å². The standard InChI is InChI=1S/C12H9F2IN2O3S/c1-20-8-3-2-4-9(11(8)14)21(18,19)17-12-10(13)7(15)5-6-16-12/h2-6H,1H3,(H,16,17). The third kappa shape index (κ3) is 3.23. The van der Waals surface area contributed by atoms with Crippen LogP contribution in [0.15, 0.2) is 35.4 Å². The van der Waals surface area contributed by atoms with Crippen LogP contribution in [-0.2, 0) is 10.0 Å². The minimum Gasteiger partial charge on any atom is -0.494 e. The number of ether oxygens (including phenoxy) is 1. The zero-order valence-electron chi connectivity index (χ0n) is 10.6. The van der Waals surface area contributed by atoms with E-state index in [1.54, 1.807) is 22.6 Å². The average Bonchev–Trinajstić information content (AvgIpc) is 2.44. The van der Waals surface area contributed by atoms with Gasteiger partial charge in [0.1, 0.15) is 4.90 Å². The molecule has 0 amide bonds. The number of hydrogen-bond donors (Lipinski definition) is 1. The van der Waals surface area contributed by atoms with Crippen molar-refractivity contribution in [1.82, 2.24) is 4.98 Å². The molecule has 9 heteroatoms. The fourth-order valence-corrected chi connectivity index (χ4v) is 3.05. The lowest BCUT2D eigenvalue weighted by Gasteiger charge is -2.11. The van der Waals surface area contributed by atoms with Gasteiger partial charge in [-0.2, -0.15) is 0 Å². The highest BCUT2D eigenvalue weighted by Gasteiger charge is 2.24. The largest absolute Gasteiger partial charge is 0.494 e. The summed E-state index contributed by atoms with van der Waals surface area (Å²) in [4.78, 5) is 2.95. The summed E-state index contributed by atoms with van der Waals surface area (Å²) in [7, 11) is -3.12. The third-order valence-corrected chi connectivity index (χ3v) is 4.70. The van der Waals surface area contributed by atoms with Crippen molar-refractivity contribution >= 4 is 38.4 Å². The van der Waals surface area contributed by atoms with Crippen molar-refractivity contribution in [2.24, 2.45) is 0 Å². The van der Waals surface area contributed by atoms with Crippen LogP contribution in [0, 0.1) is 15.2 Å². The molecule has 21 heavy (non-hydrogen) atoms. The molecular formula is C12H9F2IN2O3S. The summed E-state index contributed by atoms with van der Waals surface area (Å²) in [6.07, 6.45) is 1.24. The van der Waals surface area contributed by atoms with Gasteiger partial charge in [-0.3, -0.25) is 4.72 Å². The molecule has 0 atom stereocenters. The second kappa shape index (κ2) is 6.10. The first-order valence-electron chi connectivity index (χ1n) is 5.52. The molecule has 0 bridgehead atoms. The van der Waals surface area contributed by atoms with E-state index in [1.165, 1.54) is 31.5 Å². The van der Waals surface area contributed by atoms with Gasteiger partial charge in [-0.25, -0.2) is 22.2 Å². The minimum atomic E-state index is -4.33. The SMILES string of the molecule is COc1cccc(S(=O)(=O)Nc2nccc(I)c2F)c1F. The summed E-state index contributed by atoms with van der Waals surface area (Å²) < 4.78 is 58.9. The Hall–Kier alpha value is -1.49. The molecule has 2 rings (SSSR count). The molecule has 0 saturated heterocycles. The fraction of sp³-hybridized carbons (Fsp3) is 0.0833. The van der Waals surface area contributed by atoms with Crippen LogP contribution in [0.1, 0.15) is 0 Å². The number of benzene rings is 1. The monoisotopic (exact) mass is 426 g/mol. The van der Waals surface area contributed by atoms with Crippen molar-refractivity contribution in [3.8, 4) is 5.75 Å². The minimum absolute atomic E-state index is 0.186. The molecule has 1 aromatic heterocycles. The molecule has 112 valence electrons. The van der Waals surface area contributed by atoms with Crippen molar-refractivity contribution in [2.45, 2.75) is 4.90 Å². The lowest BCUT2D eigenvalue weighted by atomic mass is 10.3. The van der Waals surface area contributed by atoms with E-state index in [4.69, 9.17) is 4.74 Å². The van der Waals surface area contributed by atoms with Gasteiger partial charge < -0.3 is 4.74 Å². The van der Waals surface area contributed by atoms with Crippen LogP contribution < -0.4 is 9.46 Å². The molecule has 2 aromatic rings. The molecule has 1 heterocycles. The lowest BCUT2D eigenvalue weighted by molar-refractivity contribution is 0.380. The molecule has 0 saturated carbocycles. The molecule has 0 aliphatic heterocycles. The summed E-state index contributed by atoms with van der Waals surface area (Å²) in [5, 5.41) is 0. The van der Waals surface area contributed by atoms with Gasteiger partial charge in [0.15, 0.2) is 23.2 Å². The number of halogens is 3. The van der Waals surface area contributed by atoms with Crippen LogP contribution in [0.4, 0.5) is 14.6 Å². The first kappa shape index (κ1) is 15.9. The smallest absolute Gasteiger partial charge is 0.266 e. The molecule has 0 unspecified atom stereocenters. The maximum Gasteiger partial charge on any atom is 0.266 e. The molecule has 0 spiro atoms. The van der Waals surface area contributed by atoms with Crippen LogP contribution in [-0.4, -0.2) is 20.5 Å². The quantitative estimate of drug-likeness (QED) is 0.764. The molecule has 0 aliphatic rings. The Morgan fingerprint density at radius 1 is 1.24 bits per heavy atom. The topological polar surface area (TPSA) is 68.3 Å². The Morgan fingerprint density at radius 3 is 2.62 bits per heavy atom. The van der Waals surface area contributed by atoms with Crippen molar-refractivity contribution in [2.75, 3.05) is 11.8 Å². The van der Waals surface area contributed by atoms with Crippen molar-refractivity contribution in [1.29, 1.82) is 0 Å². The molecular weight excluding hydrogens is 417 g/mol. The Labute approximate surface area is 133 Å². The summed E-state index contributed by atoms with van der Waals surface area (Å²) in [5.74, 6) is -2.61. The Kier molecular flexibility index (Phi) is 4.61. The maximum atomic E-state index is 14.0. The molecule has 0 aliphatic carbocycles. The van der Waals surface area contributed by atoms with Crippen molar-refractivity contribution in [3.63, 3.8) is 0 Å². The van der Waals surface area contributed by atoms with Gasteiger partial charge in [-0.1, -0.05) is 6.07 Å². The third-order valence-electron chi connectivity index (χ3n) is 2.51. The second-order valence-corrected chi connectivity index (χ2v) is 6.65. The van der Waals surface area contributed by atoms with Gasteiger partial charge in [0, 0.05) is 6.20 Å². The number of hydrogen-bond acceptors (Lipinski definition) is 4. The highest BCUT2D eigenvalue weighted by atomic mass is 127. The fourth-order valence-electron chi connectivity index (χ4n) is 1.53. The predicted molar refractivity (Wildman–Crippen MR) is 80.7 cm³/mol. The van der Waals surface area contributed by atoms with Crippen LogP contribution in [0.3, 0.4) is 0 Å². The van der Waals surface area contributed by atoms with Crippen LogP contribution >= 0.6 is 22.6 Å². The van der Waals surface area contributed by atoms with Gasteiger partial charge >= 0.3 is 0 Å². The Balaban J connectivity index is 2.46. The van der Waals surface area contributed by atoms with E-state index >= 15 is 0 Å². The molecule has 5 nitrogen and oxygen atoms in total. The predicted octanol–water partition coefficient (Wildman–Crippen LogP) is 2.77. The van der Waals surface area contributed by atoms with Crippen molar-refractivity contribution in [3.05, 3.63) is 45.7 Å². The van der Waals surface area contributed by atoms with Crippen molar-refractivity contribution < 1.29 is 21.9 Å². The number of nitrogens with zero attached hydrogens (tertiary/aromatic N) is 1. The zero-order valence-corrected chi connectivity index (χ0v) is 13.6. The average molecular weight is 426 g/mol. The van der Waals surface area contributed by atoms with Crippen LogP contribution in [0.25, 0.3) is 0 Å². The van der Waals surface area contributed by atoms with Gasteiger partial charge in [-0.15, -0.1) is 0 Å². The van der Waals surface area contributed by atoms with E-state index in [2.05, 4.69) is 4.98 Å². The molecule has 1 aromatic carbocycles. The number of aromatic nitrogens is 1. The van der Waals surface area contributed by atoms with Gasteiger partial charge in [-0.05, 0) is 40.8 Å². The van der Waals surface area contributed by atoms with E-state index in [9.17, 15) is 17.2 Å². The summed E-state index contributed by atoms with van der Waals surface area (Å²) in [6.45, 7) is 0. The normalized spacial score (nSPS) is 11.2. The number of methoxy groups -OCH3 is 1. The highest BCUT2D eigenvalue weighted by molar-refractivity contribution is 14.1. The molecule has 1 N–H and O–H groups in total. The van der Waals surface area contributed by atoms with E-state index in [0.29, 0.717) is 0 Å².